The molecule has 0 aromatic carbocycles. The number of amides is 1. The zero-order chi connectivity index (χ0) is 8.27. The highest BCUT2D eigenvalue weighted by Gasteiger charge is 2.08. The maximum atomic E-state index is 11.0. The summed E-state index contributed by atoms with van der Waals surface area (Å²) < 4.78 is 4.72. The molecule has 0 spiro atoms. The van der Waals surface area contributed by atoms with Crippen molar-refractivity contribution in [1.82, 2.24) is 10.5 Å². The molecule has 0 saturated heterocycles. The number of nitrogens with one attached hydrogen (secondary N) is 1. The van der Waals surface area contributed by atoms with Crippen LogP contribution in [0.5, 0.6) is 0 Å². The van der Waals surface area contributed by atoms with Gasteiger partial charge in [-0.2, -0.15) is 0 Å². The molecule has 0 aliphatic heterocycles. The SMILES string of the molecule is CCNC(=O)c1cc(C)no1. The van der Waals surface area contributed by atoms with Crippen LogP contribution in [0.25, 0.3) is 0 Å². The maximum absolute atomic E-state index is 11.0. The van der Waals surface area contributed by atoms with Crippen LogP contribution < -0.4 is 5.32 Å². The lowest BCUT2D eigenvalue weighted by atomic mass is 10.4. The first-order valence-electron chi connectivity index (χ1n) is 3.45. The Labute approximate surface area is 64.6 Å². The van der Waals surface area contributed by atoms with E-state index < -0.39 is 0 Å². The fourth-order valence-corrected chi connectivity index (χ4v) is 0.718. The van der Waals surface area contributed by atoms with E-state index in [9.17, 15) is 4.79 Å². The Bertz CT molecular complexity index is 255. The summed E-state index contributed by atoms with van der Waals surface area (Å²) in [5.41, 5.74) is 0.714. The first-order valence-corrected chi connectivity index (χ1v) is 3.45. The van der Waals surface area contributed by atoms with Gasteiger partial charge in [-0.05, 0) is 13.8 Å². The van der Waals surface area contributed by atoms with Crippen LogP contribution >= 0.6 is 0 Å². The monoisotopic (exact) mass is 154 g/mol. The molecule has 0 aliphatic rings. The summed E-state index contributed by atoms with van der Waals surface area (Å²) in [6.07, 6.45) is 0. The van der Waals surface area contributed by atoms with Crippen LogP contribution in [0.1, 0.15) is 23.2 Å². The van der Waals surface area contributed by atoms with E-state index in [0.29, 0.717) is 12.2 Å². The second kappa shape index (κ2) is 3.18. The molecule has 1 N–H and O–H groups in total. The van der Waals surface area contributed by atoms with E-state index in [4.69, 9.17) is 4.52 Å². The van der Waals surface area contributed by atoms with Crippen molar-refractivity contribution in [2.45, 2.75) is 13.8 Å². The summed E-state index contributed by atoms with van der Waals surface area (Å²) in [7, 11) is 0. The lowest BCUT2D eigenvalue weighted by Gasteiger charge is -1.94. The van der Waals surface area contributed by atoms with E-state index in [1.165, 1.54) is 0 Å². The summed E-state index contributed by atoms with van der Waals surface area (Å²) in [4.78, 5) is 11.0. The van der Waals surface area contributed by atoms with E-state index in [1.807, 2.05) is 6.92 Å². The molecule has 0 saturated carbocycles. The number of hydrogen-bond acceptors (Lipinski definition) is 3. The minimum atomic E-state index is -0.215. The summed E-state index contributed by atoms with van der Waals surface area (Å²) in [5.74, 6) is 0.0532. The van der Waals surface area contributed by atoms with Gasteiger partial charge in [0, 0.05) is 12.6 Å². The Morgan fingerprint density at radius 2 is 2.55 bits per heavy atom. The van der Waals surface area contributed by atoms with Gasteiger partial charge in [-0.3, -0.25) is 4.79 Å². The van der Waals surface area contributed by atoms with Gasteiger partial charge in [-0.15, -0.1) is 0 Å². The molecule has 1 rings (SSSR count). The quantitative estimate of drug-likeness (QED) is 0.683. The molecule has 4 nitrogen and oxygen atoms in total. The summed E-state index contributed by atoms with van der Waals surface area (Å²) >= 11 is 0. The maximum Gasteiger partial charge on any atom is 0.289 e. The standard InChI is InChI=1S/C7H10N2O2/c1-3-8-7(10)6-4-5(2)9-11-6/h4H,3H2,1-2H3,(H,8,10). The van der Waals surface area contributed by atoms with Crippen molar-refractivity contribution in [3.05, 3.63) is 17.5 Å². The molecule has 0 aliphatic carbocycles. The first kappa shape index (κ1) is 7.78. The third-order valence-corrected chi connectivity index (χ3v) is 1.19. The first-order chi connectivity index (χ1) is 5.24. The van der Waals surface area contributed by atoms with Gasteiger partial charge in [-0.1, -0.05) is 5.16 Å². The molecule has 0 fully saturated rings. The molecule has 0 unspecified atom stereocenters. The van der Waals surface area contributed by atoms with Crippen molar-refractivity contribution >= 4 is 5.91 Å². The van der Waals surface area contributed by atoms with Gasteiger partial charge < -0.3 is 9.84 Å². The van der Waals surface area contributed by atoms with Crippen LogP contribution in [0, 0.1) is 6.92 Å². The van der Waals surface area contributed by atoms with Gasteiger partial charge in [0.15, 0.2) is 0 Å². The molecule has 0 bridgehead atoms. The van der Waals surface area contributed by atoms with Crippen molar-refractivity contribution in [3.8, 4) is 0 Å². The molecule has 1 amide bonds. The summed E-state index contributed by atoms with van der Waals surface area (Å²) in [6.45, 7) is 4.21. The summed E-state index contributed by atoms with van der Waals surface area (Å²) in [6, 6.07) is 1.60. The van der Waals surface area contributed by atoms with Gasteiger partial charge >= 0.3 is 0 Å². The van der Waals surface area contributed by atoms with Crippen molar-refractivity contribution < 1.29 is 9.32 Å². The number of carbonyl (C=O) groups is 1. The van der Waals surface area contributed by atoms with Crippen molar-refractivity contribution in [1.29, 1.82) is 0 Å². The van der Waals surface area contributed by atoms with Crippen LogP contribution in [0.2, 0.25) is 0 Å². The topological polar surface area (TPSA) is 55.1 Å². The fraction of sp³-hybridized carbons (Fsp3) is 0.429. The lowest BCUT2D eigenvalue weighted by molar-refractivity contribution is 0.0919. The second-order valence-corrected chi connectivity index (χ2v) is 2.19. The molecule has 1 heterocycles. The van der Waals surface area contributed by atoms with E-state index in [0.717, 1.165) is 0 Å². The molecule has 0 atom stereocenters. The van der Waals surface area contributed by atoms with Gasteiger partial charge in [0.2, 0.25) is 5.76 Å². The zero-order valence-corrected chi connectivity index (χ0v) is 6.55. The van der Waals surface area contributed by atoms with E-state index in [-0.39, 0.29) is 11.7 Å². The lowest BCUT2D eigenvalue weighted by Crippen LogP contribution is -2.21. The molecule has 1 aromatic rings. The number of carbonyl (C=O) groups excluding carboxylic acids is 1. The van der Waals surface area contributed by atoms with Crippen LogP contribution in [-0.2, 0) is 0 Å². The van der Waals surface area contributed by atoms with E-state index >= 15 is 0 Å². The molecule has 0 radical (unpaired) electrons. The average Bonchev–Trinajstić information content (AvgIpc) is 2.36. The van der Waals surface area contributed by atoms with E-state index in [2.05, 4.69) is 10.5 Å². The number of aryl methyl sites for hydroxylation is 1. The van der Waals surface area contributed by atoms with Gasteiger partial charge in [0.25, 0.3) is 5.91 Å². The van der Waals surface area contributed by atoms with Crippen LogP contribution in [-0.4, -0.2) is 17.6 Å². The smallest absolute Gasteiger partial charge is 0.289 e. The Morgan fingerprint density at radius 3 is 3.00 bits per heavy atom. The Balaban J connectivity index is 2.69. The number of rotatable bonds is 2. The highest BCUT2D eigenvalue weighted by molar-refractivity contribution is 5.91. The average molecular weight is 154 g/mol. The third-order valence-electron chi connectivity index (χ3n) is 1.19. The van der Waals surface area contributed by atoms with Gasteiger partial charge in [0.1, 0.15) is 0 Å². The molecular weight excluding hydrogens is 144 g/mol. The molecule has 60 valence electrons. The van der Waals surface area contributed by atoms with Crippen molar-refractivity contribution in [3.63, 3.8) is 0 Å². The highest BCUT2D eigenvalue weighted by atomic mass is 16.5. The molecule has 11 heavy (non-hydrogen) atoms. The predicted molar refractivity (Wildman–Crippen MR) is 39.2 cm³/mol. The van der Waals surface area contributed by atoms with E-state index in [1.54, 1.807) is 13.0 Å². The van der Waals surface area contributed by atoms with Gasteiger partial charge in [-0.25, -0.2) is 0 Å². The van der Waals surface area contributed by atoms with Crippen LogP contribution in [0.4, 0.5) is 0 Å². The zero-order valence-electron chi connectivity index (χ0n) is 6.55. The normalized spacial score (nSPS) is 9.64. The molecule has 4 heteroatoms. The van der Waals surface area contributed by atoms with Crippen molar-refractivity contribution in [2.24, 2.45) is 0 Å². The Kier molecular flexibility index (Phi) is 2.25. The molecule has 1 aromatic heterocycles. The summed E-state index contributed by atoms with van der Waals surface area (Å²) in [5, 5.41) is 6.19. The Hall–Kier alpha value is -1.32. The van der Waals surface area contributed by atoms with Crippen LogP contribution in [0.15, 0.2) is 10.6 Å². The number of hydrogen-bond donors (Lipinski definition) is 1. The van der Waals surface area contributed by atoms with Crippen LogP contribution in [0.3, 0.4) is 0 Å². The number of nitrogens with zero attached hydrogens (tertiary/aromatic N) is 1. The molecular formula is C7H10N2O2. The second-order valence-electron chi connectivity index (χ2n) is 2.19. The third kappa shape index (κ3) is 1.80. The number of aromatic nitrogens is 1. The largest absolute Gasteiger partial charge is 0.351 e. The fourth-order valence-electron chi connectivity index (χ4n) is 0.718. The minimum Gasteiger partial charge on any atom is -0.351 e. The van der Waals surface area contributed by atoms with Gasteiger partial charge in [0.05, 0.1) is 5.69 Å². The van der Waals surface area contributed by atoms with Crippen molar-refractivity contribution in [2.75, 3.05) is 6.54 Å². The Morgan fingerprint density at radius 1 is 1.82 bits per heavy atom. The predicted octanol–water partition coefficient (Wildman–Crippen LogP) is 0.733. The highest BCUT2D eigenvalue weighted by Crippen LogP contribution is 2.00. The minimum absolute atomic E-state index is 0.215.